The van der Waals surface area contributed by atoms with Crippen LogP contribution in [0.2, 0.25) is 10.0 Å². The highest BCUT2D eigenvalue weighted by molar-refractivity contribution is 6.35. The molecule has 0 spiro atoms. The molecule has 0 aromatic heterocycles. The second kappa shape index (κ2) is 9.40. The largest absolute Gasteiger partial charge is 0.495 e. The number of anilines is 1. The van der Waals surface area contributed by atoms with Gasteiger partial charge in [0, 0.05) is 29.6 Å². The molecule has 0 saturated heterocycles. The van der Waals surface area contributed by atoms with Crippen molar-refractivity contribution in [1.29, 1.82) is 0 Å². The minimum Gasteiger partial charge on any atom is -0.495 e. The van der Waals surface area contributed by atoms with Crippen molar-refractivity contribution in [1.82, 2.24) is 5.32 Å². The molecule has 0 unspecified atom stereocenters. The van der Waals surface area contributed by atoms with E-state index in [9.17, 15) is 4.79 Å². The van der Waals surface area contributed by atoms with Gasteiger partial charge in [-0.05, 0) is 36.2 Å². The summed E-state index contributed by atoms with van der Waals surface area (Å²) in [5.41, 5.74) is 1.84. The highest BCUT2D eigenvalue weighted by Crippen LogP contribution is 2.23. The summed E-state index contributed by atoms with van der Waals surface area (Å²) in [7, 11) is 1.62. The Kier molecular flexibility index (Phi) is 7.22. The summed E-state index contributed by atoms with van der Waals surface area (Å²) in [5.74, 6) is 0.748. The molecule has 0 fully saturated rings. The minimum atomic E-state index is -0.0116. The highest BCUT2D eigenvalue weighted by Gasteiger charge is 2.05. The molecule has 6 heteroatoms. The third-order valence-corrected chi connectivity index (χ3v) is 4.09. The summed E-state index contributed by atoms with van der Waals surface area (Å²) in [6.07, 6.45) is 1.05. The van der Waals surface area contributed by atoms with E-state index in [1.54, 1.807) is 19.2 Å². The highest BCUT2D eigenvalue weighted by atomic mass is 35.5. The van der Waals surface area contributed by atoms with Crippen LogP contribution in [0.4, 0.5) is 5.69 Å². The van der Waals surface area contributed by atoms with Gasteiger partial charge in [-0.25, -0.2) is 0 Å². The fourth-order valence-electron chi connectivity index (χ4n) is 2.25. The van der Waals surface area contributed by atoms with Gasteiger partial charge in [-0.15, -0.1) is 0 Å². The summed E-state index contributed by atoms with van der Waals surface area (Å²) in [4.78, 5) is 11.9. The van der Waals surface area contributed by atoms with Gasteiger partial charge in [-0.3, -0.25) is 4.79 Å². The first-order chi connectivity index (χ1) is 11.6. The summed E-state index contributed by atoms with van der Waals surface area (Å²) in [5, 5.41) is 7.31. The van der Waals surface area contributed by atoms with Crippen LogP contribution in [-0.4, -0.2) is 26.1 Å². The zero-order valence-electron chi connectivity index (χ0n) is 13.4. The Hall–Kier alpha value is -1.91. The SMILES string of the molecule is COc1ccccc1NCCC(=O)NCCc1ccc(Cl)cc1Cl. The van der Waals surface area contributed by atoms with E-state index in [-0.39, 0.29) is 5.91 Å². The topological polar surface area (TPSA) is 50.4 Å². The predicted octanol–water partition coefficient (Wildman–Crippen LogP) is 4.16. The summed E-state index contributed by atoms with van der Waals surface area (Å²) in [6.45, 7) is 1.07. The Morgan fingerprint density at radius 2 is 1.92 bits per heavy atom. The van der Waals surface area contributed by atoms with Crippen molar-refractivity contribution in [2.45, 2.75) is 12.8 Å². The first-order valence-corrected chi connectivity index (χ1v) is 8.43. The number of nitrogens with one attached hydrogen (secondary N) is 2. The van der Waals surface area contributed by atoms with Crippen molar-refractivity contribution >= 4 is 34.8 Å². The maximum absolute atomic E-state index is 11.9. The van der Waals surface area contributed by atoms with E-state index in [4.69, 9.17) is 27.9 Å². The Bertz CT molecular complexity index is 692. The fourth-order valence-corrected chi connectivity index (χ4v) is 2.75. The van der Waals surface area contributed by atoms with Crippen molar-refractivity contribution in [2.24, 2.45) is 0 Å². The first kappa shape index (κ1) is 18.4. The summed E-state index contributed by atoms with van der Waals surface area (Å²) < 4.78 is 5.25. The van der Waals surface area contributed by atoms with E-state index in [0.29, 0.717) is 36.0 Å². The molecule has 0 saturated carbocycles. The molecule has 0 atom stereocenters. The van der Waals surface area contributed by atoms with E-state index in [2.05, 4.69) is 10.6 Å². The molecule has 2 aromatic rings. The normalized spacial score (nSPS) is 10.3. The van der Waals surface area contributed by atoms with Crippen molar-refractivity contribution in [2.75, 3.05) is 25.5 Å². The van der Waals surface area contributed by atoms with Gasteiger partial charge in [0.25, 0.3) is 0 Å². The van der Waals surface area contributed by atoms with Crippen LogP contribution < -0.4 is 15.4 Å². The molecular weight excluding hydrogens is 347 g/mol. The Morgan fingerprint density at radius 3 is 2.67 bits per heavy atom. The lowest BCUT2D eigenvalue weighted by atomic mass is 10.1. The number of amides is 1. The Balaban J connectivity index is 1.70. The average Bonchev–Trinajstić information content (AvgIpc) is 2.57. The van der Waals surface area contributed by atoms with Crippen molar-refractivity contribution in [3.8, 4) is 5.75 Å². The van der Waals surface area contributed by atoms with E-state index >= 15 is 0 Å². The zero-order valence-corrected chi connectivity index (χ0v) is 15.0. The lowest BCUT2D eigenvalue weighted by molar-refractivity contribution is -0.120. The Morgan fingerprint density at radius 1 is 1.12 bits per heavy atom. The summed E-state index contributed by atoms with van der Waals surface area (Å²) in [6, 6.07) is 13.0. The van der Waals surface area contributed by atoms with Gasteiger partial charge in [-0.1, -0.05) is 41.4 Å². The van der Waals surface area contributed by atoms with Crippen LogP contribution in [-0.2, 0) is 11.2 Å². The van der Waals surface area contributed by atoms with Gasteiger partial charge in [0.15, 0.2) is 0 Å². The maximum atomic E-state index is 11.9. The molecule has 4 nitrogen and oxygen atoms in total. The Labute approximate surface area is 152 Å². The summed E-state index contributed by atoms with van der Waals surface area (Å²) >= 11 is 12.0. The zero-order chi connectivity index (χ0) is 17.4. The van der Waals surface area contributed by atoms with Gasteiger partial charge in [0.2, 0.25) is 5.91 Å². The van der Waals surface area contributed by atoms with Crippen molar-refractivity contribution in [3.63, 3.8) is 0 Å². The minimum absolute atomic E-state index is 0.0116. The molecule has 2 rings (SSSR count). The quantitative estimate of drug-likeness (QED) is 0.737. The van der Waals surface area contributed by atoms with Crippen LogP contribution in [0.5, 0.6) is 5.75 Å². The number of halogens is 2. The number of hydrogen-bond donors (Lipinski definition) is 2. The van der Waals surface area contributed by atoms with Crippen molar-refractivity contribution < 1.29 is 9.53 Å². The third-order valence-electron chi connectivity index (χ3n) is 3.51. The number of benzene rings is 2. The number of rotatable bonds is 8. The monoisotopic (exact) mass is 366 g/mol. The van der Waals surface area contributed by atoms with Gasteiger partial charge in [0.05, 0.1) is 12.8 Å². The fraction of sp³-hybridized carbons (Fsp3) is 0.278. The first-order valence-electron chi connectivity index (χ1n) is 7.67. The molecule has 1 amide bonds. The van der Waals surface area contributed by atoms with E-state index in [0.717, 1.165) is 17.0 Å². The molecule has 0 heterocycles. The van der Waals surface area contributed by atoms with Crippen LogP contribution in [0.1, 0.15) is 12.0 Å². The molecular formula is C18H20Cl2N2O2. The molecule has 24 heavy (non-hydrogen) atoms. The molecule has 2 aromatic carbocycles. The standard InChI is InChI=1S/C18H20Cl2N2O2/c1-24-17-5-3-2-4-16(17)21-11-9-18(23)22-10-8-13-6-7-14(19)12-15(13)20/h2-7,12,21H,8-11H2,1H3,(H,22,23). The number of ether oxygens (including phenoxy) is 1. The second-order valence-corrected chi connectivity index (χ2v) is 6.06. The molecule has 0 aliphatic heterocycles. The number of carbonyl (C=O) groups is 1. The van der Waals surface area contributed by atoms with Crippen LogP contribution in [0.25, 0.3) is 0 Å². The lowest BCUT2D eigenvalue weighted by Gasteiger charge is -2.11. The third kappa shape index (κ3) is 5.62. The molecule has 0 radical (unpaired) electrons. The number of hydrogen-bond acceptors (Lipinski definition) is 3. The smallest absolute Gasteiger partial charge is 0.221 e. The van der Waals surface area contributed by atoms with Crippen LogP contribution in [0.3, 0.4) is 0 Å². The van der Waals surface area contributed by atoms with E-state index in [1.807, 2.05) is 30.3 Å². The van der Waals surface area contributed by atoms with Crippen molar-refractivity contribution in [3.05, 3.63) is 58.1 Å². The van der Waals surface area contributed by atoms with Gasteiger partial charge < -0.3 is 15.4 Å². The second-order valence-electron chi connectivity index (χ2n) is 5.21. The number of para-hydroxylation sites is 2. The molecule has 0 bridgehead atoms. The van der Waals surface area contributed by atoms with Gasteiger partial charge in [-0.2, -0.15) is 0 Å². The molecule has 0 aliphatic carbocycles. The molecule has 128 valence electrons. The number of methoxy groups -OCH3 is 1. The van der Waals surface area contributed by atoms with E-state index < -0.39 is 0 Å². The van der Waals surface area contributed by atoms with E-state index in [1.165, 1.54) is 0 Å². The maximum Gasteiger partial charge on any atom is 0.221 e. The van der Waals surface area contributed by atoms with Crippen LogP contribution in [0, 0.1) is 0 Å². The molecule has 2 N–H and O–H groups in total. The predicted molar refractivity (Wildman–Crippen MR) is 99.3 cm³/mol. The number of carbonyl (C=O) groups excluding carboxylic acids is 1. The van der Waals surface area contributed by atoms with Crippen LogP contribution in [0.15, 0.2) is 42.5 Å². The average molecular weight is 367 g/mol. The lowest BCUT2D eigenvalue weighted by Crippen LogP contribution is -2.27. The van der Waals surface area contributed by atoms with Gasteiger partial charge >= 0.3 is 0 Å². The van der Waals surface area contributed by atoms with Gasteiger partial charge in [0.1, 0.15) is 5.75 Å². The molecule has 0 aliphatic rings. The van der Waals surface area contributed by atoms with Crippen LogP contribution >= 0.6 is 23.2 Å².